The van der Waals surface area contributed by atoms with Crippen LogP contribution in [0.25, 0.3) is 0 Å². The maximum Gasteiger partial charge on any atom is 0.342 e. The second kappa shape index (κ2) is 6.84. The molecule has 1 N–H and O–H groups in total. The predicted molar refractivity (Wildman–Crippen MR) is 85.3 cm³/mol. The molecule has 0 spiro atoms. The van der Waals surface area contributed by atoms with Gasteiger partial charge in [-0.05, 0) is 19.9 Å². The number of nitrogens with one attached hydrogen (secondary N) is 1. The van der Waals surface area contributed by atoms with Crippen molar-refractivity contribution >= 4 is 23.4 Å². The van der Waals surface area contributed by atoms with E-state index in [0.717, 1.165) is 7.11 Å². The number of carbonyl (C=O) groups excluding carboxylic acids is 2. The van der Waals surface area contributed by atoms with E-state index in [9.17, 15) is 25.0 Å². The van der Waals surface area contributed by atoms with Crippen molar-refractivity contribution in [3.8, 4) is 6.07 Å². The summed E-state index contributed by atoms with van der Waals surface area (Å²) in [5.41, 5.74) is -0.261. The number of methoxy groups -OCH3 is 1. The van der Waals surface area contributed by atoms with E-state index in [4.69, 9.17) is 4.42 Å². The van der Waals surface area contributed by atoms with Gasteiger partial charge < -0.3 is 9.15 Å². The van der Waals surface area contributed by atoms with Crippen LogP contribution in [-0.2, 0) is 4.74 Å². The lowest BCUT2D eigenvalue weighted by molar-refractivity contribution is -0.385. The molecule has 0 saturated carbocycles. The quantitative estimate of drug-likeness (QED) is 0.512. The van der Waals surface area contributed by atoms with E-state index in [1.165, 1.54) is 32.0 Å². The Kier molecular flexibility index (Phi) is 4.84. The van der Waals surface area contributed by atoms with Gasteiger partial charge in [0.05, 0.1) is 12.0 Å². The Bertz CT molecular complexity index is 923. The largest absolute Gasteiger partial charge is 0.465 e. The number of hydrogen-bond donors (Lipinski definition) is 1. The van der Waals surface area contributed by atoms with Gasteiger partial charge in [-0.15, -0.1) is 0 Å². The zero-order valence-electron chi connectivity index (χ0n) is 13.6. The number of anilines is 1. The summed E-state index contributed by atoms with van der Waals surface area (Å²) in [4.78, 5) is 34.5. The second-order valence-corrected chi connectivity index (χ2v) is 5.00. The average Bonchev–Trinajstić information content (AvgIpc) is 2.88. The smallest absolute Gasteiger partial charge is 0.342 e. The molecule has 128 valence electrons. The molecule has 0 aliphatic heterocycles. The molecule has 0 aliphatic carbocycles. The fraction of sp³-hybridized carbons (Fsp3) is 0.188. The highest BCUT2D eigenvalue weighted by atomic mass is 16.6. The van der Waals surface area contributed by atoms with Crippen LogP contribution in [0.3, 0.4) is 0 Å². The highest BCUT2D eigenvalue weighted by Gasteiger charge is 2.26. The van der Waals surface area contributed by atoms with Crippen LogP contribution in [0.2, 0.25) is 0 Å². The van der Waals surface area contributed by atoms with Gasteiger partial charge in [0.2, 0.25) is 5.88 Å². The third-order valence-corrected chi connectivity index (χ3v) is 3.56. The summed E-state index contributed by atoms with van der Waals surface area (Å²) >= 11 is 0. The minimum Gasteiger partial charge on any atom is -0.465 e. The number of benzene rings is 1. The van der Waals surface area contributed by atoms with Crippen LogP contribution in [0, 0.1) is 35.3 Å². The molecule has 1 aromatic heterocycles. The number of amides is 1. The zero-order valence-corrected chi connectivity index (χ0v) is 13.6. The summed E-state index contributed by atoms with van der Waals surface area (Å²) < 4.78 is 9.87. The van der Waals surface area contributed by atoms with E-state index >= 15 is 0 Å². The van der Waals surface area contributed by atoms with Gasteiger partial charge in [0.1, 0.15) is 23.0 Å². The van der Waals surface area contributed by atoms with Crippen LogP contribution in [0.5, 0.6) is 0 Å². The standard InChI is InChI=1S/C16H13N3O6/c1-8-10(5-4-6-12(8)19(22)23)14(20)18-15-11(7-17)13(9(2)25-15)16(21)24-3/h4-6H,1-3H3,(H,18,20). The number of esters is 1. The SMILES string of the molecule is COC(=O)c1c(C)oc(NC(=O)c2cccc([N+](=O)[O-])c2C)c1C#N. The minimum atomic E-state index is -0.773. The first kappa shape index (κ1) is 17.7. The molecule has 1 amide bonds. The van der Waals surface area contributed by atoms with Crippen molar-refractivity contribution in [3.63, 3.8) is 0 Å². The molecule has 0 fully saturated rings. The van der Waals surface area contributed by atoms with Gasteiger partial charge in [-0.3, -0.25) is 20.2 Å². The highest BCUT2D eigenvalue weighted by Crippen LogP contribution is 2.28. The molecular weight excluding hydrogens is 330 g/mol. The summed E-state index contributed by atoms with van der Waals surface area (Å²) in [6, 6.07) is 5.84. The zero-order chi connectivity index (χ0) is 18.7. The molecule has 2 aromatic rings. The molecule has 2 rings (SSSR count). The normalized spacial score (nSPS) is 10.0. The Hall–Kier alpha value is -3.67. The molecular formula is C16H13N3O6. The fourth-order valence-corrected chi connectivity index (χ4v) is 2.32. The van der Waals surface area contributed by atoms with Crippen molar-refractivity contribution in [1.29, 1.82) is 5.26 Å². The topological polar surface area (TPSA) is 135 Å². The first-order chi connectivity index (χ1) is 11.8. The Balaban J connectivity index is 2.43. The third kappa shape index (κ3) is 3.18. The van der Waals surface area contributed by atoms with Gasteiger partial charge in [-0.2, -0.15) is 5.26 Å². The molecule has 1 heterocycles. The number of rotatable bonds is 4. The Morgan fingerprint density at radius 2 is 2.04 bits per heavy atom. The second-order valence-electron chi connectivity index (χ2n) is 5.00. The first-order valence-electron chi connectivity index (χ1n) is 6.99. The van der Waals surface area contributed by atoms with Crippen LogP contribution in [0.4, 0.5) is 11.6 Å². The average molecular weight is 343 g/mol. The van der Waals surface area contributed by atoms with Crippen molar-refractivity contribution in [2.24, 2.45) is 0 Å². The Labute approximate surface area is 142 Å². The number of nitro benzene ring substituents is 1. The molecule has 0 radical (unpaired) electrons. The Morgan fingerprint density at radius 3 is 2.60 bits per heavy atom. The third-order valence-electron chi connectivity index (χ3n) is 3.56. The lowest BCUT2D eigenvalue weighted by Gasteiger charge is -2.06. The highest BCUT2D eigenvalue weighted by molar-refractivity contribution is 6.07. The lowest BCUT2D eigenvalue weighted by atomic mass is 10.1. The first-order valence-corrected chi connectivity index (χ1v) is 6.99. The Morgan fingerprint density at radius 1 is 1.36 bits per heavy atom. The maximum atomic E-state index is 12.4. The number of carbonyl (C=O) groups is 2. The van der Waals surface area contributed by atoms with Crippen LogP contribution in [0.1, 0.15) is 37.6 Å². The van der Waals surface area contributed by atoms with Crippen LogP contribution in [-0.4, -0.2) is 23.9 Å². The van der Waals surface area contributed by atoms with E-state index in [1.54, 1.807) is 6.07 Å². The summed E-state index contributed by atoms with van der Waals surface area (Å²) in [6.45, 7) is 2.88. The van der Waals surface area contributed by atoms with E-state index in [2.05, 4.69) is 10.1 Å². The summed E-state index contributed by atoms with van der Waals surface area (Å²) in [6.07, 6.45) is 0. The monoisotopic (exact) mass is 343 g/mol. The lowest BCUT2D eigenvalue weighted by Crippen LogP contribution is -2.14. The molecule has 9 heteroatoms. The molecule has 0 saturated heterocycles. The molecule has 0 aliphatic rings. The molecule has 0 bridgehead atoms. The van der Waals surface area contributed by atoms with E-state index in [-0.39, 0.29) is 39.6 Å². The summed E-state index contributed by atoms with van der Waals surface area (Å²) in [5, 5.41) is 22.6. The summed E-state index contributed by atoms with van der Waals surface area (Å²) in [7, 11) is 1.15. The number of nitrogens with zero attached hydrogens (tertiary/aromatic N) is 2. The number of nitriles is 1. The number of aryl methyl sites for hydroxylation is 1. The van der Waals surface area contributed by atoms with Crippen molar-refractivity contribution < 1.29 is 23.7 Å². The van der Waals surface area contributed by atoms with Gasteiger partial charge >= 0.3 is 5.97 Å². The van der Waals surface area contributed by atoms with Crippen LogP contribution in [0.15, 0.2) is 22.6 Å². The van der Waals surface area contributed by atoms with Gasteiger partial charge in [0, 0.05) is 17.2 Å². The fourth-order valence-electron chi connectivity index (χ4n) is 2.32. The van der Waals surface area contributed by atoms with Crippen molar-refractivity contribution in [3.05, 3.63) is 56.3 Å². The molecule has 9 nitrogen and oxygen atoms in total. The predicted octanol–water partition coefficient (Wildman–Crippen LogP) is 2.72. The summed E-state index contributed by atoms with van der Waals surface area (Å²) in [5.74, 6) is -1.60. The van der Waals surface area contributed by atoms with Crippen molar-refractivity contribution in [2.45, 2.75) is 13.8 Å². The van der Waals surface area contributed by atoms with E-state index in [0.29, 0.717) is 0 Å². The molecule has 0 atom stereocenters. The van der Waals surface area contributed by atoms with Gasteiger partial charge in [0.25, 0.3) is 11.6 Å². The number of ether oxygens (including phenoxy) is 1. The number of hydrogen-bond acceptors (Lipinski definition) is 7. The van der Waals surface area contributed by atoms with Gasteiger partial charge in [-0.1, -0.05) is 6.07 Å². The van der Waals surface area contributed by atoms with Gasteiger partial charge in [-0.25, -0.2) is 4.79 Å². The molecule has 0 unspecified atom stereocenters. The number of furan rings is 1. The van der Waals surface area contributed by atoms with Crippen LogP contribution < -0.4 is 5.32 Å². The van der Waals surface area contributed by atoms with E-state index in [1.807, 2.05) is 0 Å². The molecule has 1 aromatic carbocycles. The van der Waals surface area contributed by atoms with Gasteiger partial charge in [0.15, 0.2) is 0 Å². The van der Waals surface area contributed by atoms with Crippen molar-refractivity contribution in [1.82, 2.24) is 0 Å². The van der Waals surface area contributed by atoms with Crippen LogP contribution >= 0.6 is 0 Å². The van der Waals surface area contributed by atoms with Crippen molar-refractivity contribution in [2.75, 3.05) is 12.4 Å². The number of nitro groups is 1. The van der Waals surface area contributed by atoms with E-state index < -0.39 is 16.8 Å². The maximum absolute atomic E-state index is 12.4. The molecule has 25 heavy (non-hydrogen) atoms. The minimum absolute atomic E-state index is 0.0479.